The molecular weight excluding hydrogens is 305 g/mol. The van der Waals surface area contributed by atoms with Crippen molar-refractivity contribution in [3.63, 3.8) is 0 Å². The quantitative estimate of drug-likeness (QED) is 0.930. The maximum atomic E-state index is 12.0. The van der Waals surface area contributed by atoms with Crippen LogP contribution < -0.4 is 14.8 Å². The van der Waals surface area contributed by atoms with Crippen LogP contribution in [0.2, 0.25) is 10.2 Å². The maximum Gasteiger partial charge on any atom is 0.260 e. The third kappa shape index (κ3) is 2.84. The normalized spacial score (nSPS) is 10.2. The fraction of sp³-hybridized carbons (Fsp3) is 0.154. The van der Waals surface area contributed by atoms with E-state index in [1.807, 2.05) is 0 Å². The van der Waals surface area contributed by atoms with Gasteiger partial charge >= 0.3 is 0 Å². The Morgan fingerprint density at radius 1 is 1.20 bits per heavy atom. The lowest BCUT2D eigenvalue weighted by molar-refractivity contribution is 0.102. The molecule has 2 rings (SSSR count). The zero-order chi connectivity index (χ0) is 14.7. The summed E-state index contributed by atoms with van der Waals surface area (Å²) in [5.74, 6) is 0.436. The largest absolute Gasteiger partial charge is 0.495 e. The second-order valence-electron chi connectivity index (χ2n) is 3.75. The van der Waals surface area contributed by atoms with Gasteiger partial charge in [0.1, 0.15) is 11.5 Å². The van der Waals surface area contributed by atoms with Crippen molar-refractivity contribution in [2.45, 2.75) is 0 Å². The molecule has 0 atom stereocenters. The molecule has 106 valence electrons. The highest BCUT2D eigenvalue weighted by Crippen LogP contribution is 2.36. The van der Waals surface area contributed by atoms with E-state index < -0.39 is 5.91 Å². The van der Waals surface area contributed by atoms with Crippen molar-refractivity contribution in [1.29, 1.82) is 0 Å². The monoisotopic (exact) mass is 315 g/mol. The van der Waals surface area contributed by atoms with E-state index in [0.29, 0.717) is 22.2 Å². The van der Waals surface area contributed by atoms with Gasteiger partial charge in [0, 0.05) is 6.07 Å². The summed E-state index contributed by atoms with van der Waals surface area (Å²) < 4.78 is 15.1. The fourth-order valence-corrected chi connectivity index (χ4v) is 2.04. The lowest BCUT2D eigenvalue weighted by Crippen LogP contribution is -2.12. The van der Waals surface area contributed by atoms with Crippen LogP contribution in [0, 0.1) is 0 Å². The maximum absolute atomic E-state index is 12.0. The molecule has 1 N–H and O–H groups in total. The lowest BCUT2D eigenvalue weighted by Gasteiger charge is -2.12. The Labute approximate surface area is 125 Å². The highest BCUT2D eigenvalue weighted by molar-refractivity contribution is 6.33. The number of ether oxygens (including phenoxy) is 2. The van der Waals surface area contributed by atoms with Gasteiger partial charge in [-0.3, -0.25) is 4.79 Å². The Hall–Kier alpha value is -1.85. The second-order valence-corrected chi connectivity index (χ2v) is 4.50. The minimum Gasteiger partial charge on any atom is -0.495 e. The van der Waals surface area contributed by atoms with Crippen LogP contribution in [0.25, 0.3) is 0 Å². The van der Waals surface area contributed by atoms with Gasteiger partial charge in [0.25, 0.3) is 5.91 Å². The molecule has 1 aromatic carbocycles. The Bertz CT molecular complexity index is 639. The van der Waals surface area contributed by atoms with Crippen LogP contribution in [-0.2, 0) is 0 Å². The highest BCUT2D eigenvalue weighted by atomic mass is 35.5. The Morgan fingerprint density at radius 2 is 1.90 bits per heavy atom. The summed E-state index contributed by atoms with van der Waals surface area (Å²) in [5.41, 5.74) is 0.626. The molecule has 0 radical (unpaired) electrons. The number of halogens is 2. The molecule has 0 unspecified atom stereocenters. The molecule has 1 aromatic heterocycles. The number of rotatable bonds is 4. The summed E-state index contributed by atoms with van der Waals surface area (Å²) in [6, 6.07) is 4.58. The van der Waals surface area contributed by atoms with Gasteiger partial charge in [0.2, 0.25) is 5.22 Å². The molecule has 20 heavy (non-hydrogen) atoms. The molecular formula is C13H11Cl2NO4. The standard InChI is InChI=1S/C13H11Cl2NO4/c1-18-10-6-11(19-2)9(5-8(10)14)16-13(17)7-3-4-20-12(7)15/h3-6H,1-2H3,(H,16,17). The summed E-state index contributed by atoms with van der Waals surface area (Å²) in [7, 11) is 2.97. The van der Waals surface area contributed by atoms with E-state index in [2.05, 4.69) is 5.32 Å². The zero-order valence-corrected chi connectivity index (χ0v) is 12.2. The summed E-state index contributed by atoms with van der Waals surface area (Å²) in [6.07, 6.45) is 1.33. The van der Waals surface area contributed by atoms with Crippen molar-refractivity contribution in [3.05, 3.63) is 40.3 Å². The number of methoxy groups -OCH3 is 2. The summed E-state index contributed by atoms with van der Waals surface area (Å²) >= 11 is 11.8. The van der Waals surface area contributed by atoms with Crippen molar-refractivity contribution in [3.8, 4) is 11.5 Å². The number of amides is 1. The average Bonchev–Trinajstić information content (AvgIpc) is 2.85. The van der Waals surface area contributed by atoms with E-state index in [9.17, 15) is 4.79 Å². The SMILES string of the molecule is COc1cc(OC)c(NC(=O)c2ccoc2Cl)cc1Cl. The van der Waals surface area contributed by atoms with Crippen molar-refractivity contribution in [2.24, 2.45) is 0 Å². The Balaban J connectivity index is 2.31. The molecule has 0 bridgehead atoms. The molecule has 0 aliphatic carbocycles. The van der Waals surface area contributed by atoms with E-state index in [4.69, 9.17) is 37.1 Å². The number of anilines is 1. The van der Waals surface area contributed by atoms with Crippen LogP contribution in [0.1, 0.15) is 10.4 Å². The minimum absolute atomic E-state index is 0.0149. The molecule has 2 aromatic rings. The van der Waals surface area contributed by atoms with Gasteiger partial charge in [-0.05, 0) is 23.7 Å². The van der Waals surface area contributed by atoms with Crippen LogP contribution in [-0.4, -0.2) is 20.1 Å². The van der Waals surface area contributed by atoms with Crippen molar-refractivity contribution >= 4 is 34.8 Å². The molecule has 0 aliphatic rings. The molecule has 0 aliphatic heterocycles. The van der Waals surface area contributed by atoms with E-state index >= 15 is 0 Å². The molecule has 1 heterocycles. The van der Waals surface area contributed by atoms with Crippen LogP contribution in [0.5, 0.6) is 11.5 Å². The number of carbonyl (C=O) groups is 1. The van der Waals surface area contributed by atoms with Gasteiger partial charge in [-0.1, -0.05) is 11.6 Å². The van der Waals surface area contributed by atoms with Gasteiger partial charge in [-0.15, -0.1) is 0 Å². The van der Waals surface area contributed by atoms with E-state index in [1.54, 1.807) is 6.07 Å². The number of benzene rings is 1. The first-order valence-corrected chi connectivity index (χ1v) is 6.28. The number of hydrogen-bond acceptors (Lipinski definition) is 4. The lowest BCUT2D eigenvalue weighted by atomic mass is 10.2. The van der Waals surface area contributed by atoms with Crippen LogP contribution in [0.15, 0.2) is 28.9 Å². The molecule has 0 spiro atoms. The van der Waals surface area contributed by atoms with Gasteiger partial charge in [0.05, 0.1) is 36.8 Å². The third-order valence-corrected chi connectivity index (χ3v) is 3.17. The third-order valence-electron chi connectivity index (χ3n) is 2.58. The van der Waals surface area contributed by atoms with Crippen LogP contribution >= 0.6 is 23.2 Å². The minimum atomic E-state index is -0.428. The Kier molecular flexibility index (Phi) is 4.42. The predicted molar refractivity (Wildman–Crippen MR) is 76.2 cm³/mol. The number of hydrogen-bond donors (Lipinski definition) is 1. The first kappa shape index (κ1) is 14.6. The zero-order valence-electron chi connectivity index (χ0n) is 10.7. The molecule has 7 heteroatoms. The van der Waals surface area contributed by atoms with Gasteiger partial charge in [0.15, 0.2) is 0 Å². The molecule has 5 nitrogen and oxygen atoms in total. The fourth-order valence-electron chi connectivity index (χ4n) is 1.60. The molecule has 1 amide bonds. The average molecular weight is 316 g/mol. The van der Waals surface area contributed by atoms with Crippen LogP contribution in [0.4, 0.5) is 5.69 Å². The van der Waals surface area contributed by atoms with E-state index in [-0.39, 0.29) is 10.8 Å². The van der Waals surface area contributed by atoms with E-state index in [1.165, 1.54) is 32.6 Å². The first-order chi connectivity index (χ1) is 9.56. The number of furan rings is 1. The summed E-state index contributed by atoms with van der Waals surface area (Å²) in [5, 5.41) is 3.01. The second kappa shape index (κ2) is 6.07. The first-order valence-electron chi connectivity index (χ1n) is 5.52. The Morgan fingerprint density at radius 3 is 2.45 bits per heavy atom. The molecule has 0 saturated heterocycles. The number of carbonyl (C=O) groups excluding carboxylic acids is 1. The van der Waals surface area contributed by atoms with E-state index in [0.717, 1.165) is 0 Å². The molecule has 0 fully saturated rings. The summed E-state index contributed by atoms with van der Waals surface area (Å²) in [6.45, 7) is 0. The summed E-state index contributed by atoms with van der Waals surface area (Å²) in [4.78, 5) is 12.0. The van der Waals surface area contributed by atoms with Crippen LogP contribution in [0.3, 0.4) is 0 Å². The van der Waals surface area contributed by atoms with Crippen molar-refractivity contribution in [2.75, 3.05) is 19.5 Å². The predicted octanol–water partition coefficient (Wildman–Crippen LogP) is 3.86. The highest BCUT2D eigenvalue weighted by Gasteiger charge is 2.17. The smallest absolute Gasteiger partial charge is 0.260 e. The number of nitrogens with one attached hydrogen (secondary N) is 1. The molecule has 0 saturated carbocycles. The van der Waals surface area contributed by atoms with Gasteiger partial charge < -0.3 is 19.2 Å². The van der Waals surface area contributed by atoms with Gasteiger partial charge in [-0.25, -0.2) is 0 Å². The topological polar surface area (TPSA) is 60.7 Å². The van der Waals surface area contributed by atoms with Crippen molar-refractivity contribution in [1.82, 2.24) is 0 Å². The van der Waals surface area contributed by atoms with Gasteiger partial charge in [-0.2, -0.15) is 0 Å². The van der Waals surface area contributed by atoms with Crippen molar-refractivity contribution < 1.29 is 18.7 Å².